The molecule has 1 amide bonds. The molecule has 0 aliphatic carbocycles. The third-order valence-electron chi connectivity index (χ3n) is 2.40. The Labute approximate surface area is 95.0 Å². The van der Waals surface area contributed by atoms with Crippen molar-refractivity contribution in [1.82, 2.24) is 5.01 Å². The number of rotatable bonds is 4. The fourth-order valence-corrected chi connectivity index (χ4v) is 1.50. The van der Waals surface area contributed by atoms with Gasteiger partial charge in [-0.2, -0.15) is 0 Å². The lowest BCUT2D eigenvalue weighted by Gasteiger charge is -2.12. The molecule has 0 aromatic heterocycles. The van der Waals surface area contributed by atoms with E-state index in [2.05, 4.69) is 0 Å². The molecule has 1 aromatic carbocycles. The Morgan fingerprint density at radius 1 is 1.44 bits per heavy atom. The number of hydrogen-bond donors (Lipinski definition) is 1. The molecule has 0 saturated heterocycles. The zero-order chi connectivity index (χ0) is 12.1. The average Bonchev–Trinajstić information content (AvgIpc) is 2.22. The highest BCUT2D eigenvalue weighted by Gasteiger charge is 2.10. The van der Waals surface area contributed by atoms with Gasteiger partial charge in [0.15, 0.2) is 0 Å². The molecule has 0 aliphatic rings. The van der Waals surface area contributed by atoms with Crippen molar-refractivity contribution in [2.45, 2.75) is 19.8 Å². The van der Waals surface area contributed by atoms with Crippen molar-refractivity contribution >= 4 is 12.2 Å². The first kappa shape index (κ1) is 12.4. The van der Waals surface area contributed by atoms with Crippen LogP contribution in [0.3, 0.4) is 0 Å². The van der Waals surface area contributed by atoms with Crippen LogP contribution in [0, 0.1) is 6.92 Å². The number of carbonyl (C=O) groups is 2. The van der Waals surface area contributed by atoms with Gasteiger partial charge in [0.2, 0.25) is 5.91 Å². The summed E-state index contributed by atoms with van der Waals surface area (Å²) in [5, 5.41) is 1.06. The highest BCUT2D eigenvalue weighted by molar-refractivity contribution is 5.78. The second-order valence-electron chi connectivity index (χ2n) is 3.82. The molecule has 0 bridgehead atoms. The molecule has 0 unspecified atom stereocenters. The van der Waals surface area contributed by atoms with Crippen LogP contribution in [-0.2, 0) is 22.4 Å². The Hall–Kier alpha value is -1.68. The number of nitrogens with zero attached hydrogens (tertiary/aromatic N) is 1. The van der Waals surface area contributed by atoms with Gasteiger partial charge in [-0.1, -0.05) is 23.8 Å². The Morgan fingerprint density at radius 2 is 2.12 bits per heavy atom. The molecule has 0 saturated carbocycles. The number of hydrazine groups is 1. The number of aryl methyl sites for hydroxylation is 1. The minimum absolute atomic E-state index is 0.169. The van der Waals surface area contributed by atoms with Crippen molar-refractivity contribution < 1.29 is 9.59 Å². The normalized spacial score (nSPS) is 9.94. The third-order valence-corrected chi connectivity index (χ3v) is 2.40. The number of amides is 1. The van der Waals surface area contributed by atoms with E-state index in [-0.39, 0.29) is 12.3 Å². The van der Waals surface area contributed by atoms with Gasteiger partial charge in [-0.05, 0) is 18.1 Å². The Kier molecular flexibility index (Phi) is 4.19. The monoisotopic (exact) mass is 220 g/mol. The van der Waals surface area contributed by atoms with Gasteiger partial charge >= 0.3 is 0 Å². The summed E-state index contributed by atoms with van der Waals surface area (Å²) in [4.78, 5) is 22.0. The second-order valence-corrected chi connectivity index (χ2v) is 3.82. The largest absolute Gasteiger partial charge is 0.303 e. The highest BCUT2D eigenvalue weighted by atomic mass is 16.2. The molecular formula is C12H16N2O2. The maximum absolute atomic E-state index is 11.5. The fourth-order valence-electron chi connectivity index (χ4n) is 1.50. The second kappa shape index (κ2) is 5.42. The Bertz CT molecular complexity index is 400. The van der Waals surface area contributed by atoms with Crippen LogP contribution in [0.4, 0.5) is 0 Å². The molecule has 4 heteroatoms. The molecule has 86 valence electrons. The molecule has 16 heavy (non-hydrogen) atoms. The summed E-state index contributed by atoms with van der Waals surface area (Å²) in [7, 11) is 1.51. The van der Waals surface area contributed by atoms with Crippen molar-refractivity contribution in [3.63, 3.8) is 0 Å². The smallest absolute Gasteiger partial charge is 0.240 e. The molecule has 0 aliphatic heterocycles. The third kappa shape index (κ3) is 3.17. The lowest BCUT2D eigenvalue weighted by atomic mass is 9.99. The van der Waals surface area contributed by atoms with Crippen LogP contribution in [-0.4, -0.2) is 24.2 Å². The molecule has 0 radical (unpaired) electrons. The summed E-state index contributed by atoms with van der Waals surface area (Å²) in [6, 6.07) is 5.72. The molecule has 1 rings (SSSR count). The van der Waals surface area contributed by atoms with Crippen LogP contribution in [0.1, 0.15) is 16.7 Å². The average molecular weight is 220 g/mol. The molecule has 1 aromatic rings. The van der Waals surface area contributed by atoms with Crippen molar-refractivity contribution in [1.29, 1.82) is 0 Å². The number of nitrogens with two attached hydrogens (primary N) is 1. The van der Waals surface area contributed by atoms with Crippen LogP contribution in [0.5, 0.6) is 0 Å². The Morgan fingerprint density at radius 3 is 2.69 bits per heavy atom. The summed E-state index contributed by atoms with van der Waals surface area (Å²) >= 11 is 0. The van der Waals surface area contributed by atoms with Crippen LogP contribution in [0.25, 0.3) is 0 Å². The first-order valence-electron chi connectivity index (χ1n) is 5.08. The van der Waals surface area contributed by atoms with E-state index in [1.54, 1.807) is 0 Å². The molecule has 2 N–H and O–H groups in total. The first-order valence-corrected chi connectivity index (χ1v) is 5.08. The van der Waals surface area contributed by atoms with Crippen LogP contribution >= 0.6 is 0 Å². The van der Waals surface area contributed by atoms with Crippen molar-refractivity contribution in [3.8, 4) is 0 Å². The topological polar surface area (TPSA) is 63.4 Å². The summed E-state index contributed by atoms with van der Waals surface area (Å²) in [6.07, 6.45) is 1.40. The highest BCUT2D eigenvalue weighted by Crippen LogP contribution is 2.13. The van der Waals surface area contributed by atoms with Gasteiger partial charge in [0.25, 0.3) is 0 Å². The summed E-state index contributed by atoms with van der Waals surface area (Å²) in [6.45, 7) is 1.95. The van der Waals surface area contributed by atoms with Crippen LogP contribution in [0.15, 0.2) is 18.2 Å². The van der Waals surface area contributed by atoms with Crippen molar-refractivity contribution in [2.24, 2.45) is 5.84 Å². The SMILES string of the molecule is Cc1ccc(CC=O)c(CC(=O)N(C)N)c1. The molecule has 0 heterocycles. The minimum Gasteiger partial charge on any atom is -0.303 e. The Balaban J connectivity index is 2.95. The number of aldehydes is 1. The van der Waals surface area contributed by atoms with E-state index in [0.717, 1.165) is 28.0 Å². The molecule has 4 nitrogen and oxygen atoms in total. The van der Waals surface area contributed by atoms with Gasteiger partial charge in [0.05, 0.1) is 6.42 Å². The molecular weight excluding hydrogens is 204 g/mol. The van der Waals surface area contributed by atoms with Gasteiger partial charge in [0.1, 0.15) is 6.29 Å². The van der Waals surface area contributed by atoms with Gasteiger partial charge in [0, 0.05) is 13.5 Å². The lowest BCUT2D eigenvalue weighted by Crippen LogP contribution is -2.34. The van der Waals surface area contributed by atoms with E-state index < -0.39 is 0 Å². The van der Waals surface area contributed by atoms with Crippen molar-refractivity contribution in [3.05, 3.63) is 34.9 Å². The standard InChI is InChI=1S/C12H16N2O2/c1-9-3-4-10(5-6-15)11(7-9)8-12(16)14(2)13/h3-4,6-7H,5,8,13H2,1-2H3. The number of carbonyl (C=O) groups excluding carboxylic acids is 2. The van der Waals surface area contributed by atoms with E-state index in [9.17, 15) is 9.59 Å². The maximum atomic E-state index is 11.5. The summed E-state index contributed by atoms with van der Waals surface area (Å²) < 4.78 is 0. The summed E-state index contributed by atoms with van der Waals surface area (Å²) in [5.74, 6) is 5.19. The summed E-state index contributed by atoms with van der Waals surface area (Å²) in [5.41, 5.74) is 2.82. The van der Waals surface area contributed by atoms with E-state index in [0.29, 0.717) is 6.42 Å². The minimum atomic E-state index is -0.169. The van der Waals surface area contributed by atoms with Gasteiger partial charge in [-0.15, -0.1) is 0 Å². The molecule has 0 atom stereocenters. The predicted octanol–water partition coefficient (Wildman–Crippen LogP) is 0.611. The van der Waals surface area contributed by atoms with Crippen LogP contribution in [0.2, 0.25) is 0 Å². The van der Waals surface area contributed by atoms with E-state index >= 15 is 0 Å². The number of hydrogen-bond acceptors (Lipinski definition) is 3. The first-order chi connectivity index (χ1) is 7.54. The van der Waals surface area contributed by atoms with E-state index in [4.69, 9.17) is 5.84 Å². The zero-order valence-electron chi connectivity index (χ0n) is 9.56. The van der Waals surface area contributed by atoms with Gasteiger partial charge < -0.3 is 4.79 Å². The van der Waals surface area contributed by atoms with E-state index in [1.165, 1.54) is 7.05 Å². The van der Waals surface area contributed by atoms with Gasteiger partial charge in [-0.25, -0.2) is 5.84 Å². The van der Waals surface area contributed by atoms with Crippen LogP contribution < -0.4 is 5.84 Å². The quantitative estimate of drug-likeness (QED) is 0.350. The molecule has 0 spiro atoms. The van der Waals surface area contributed by atoms with Crippen molar-refractivity contribution in [2.75, 3.05) is 7.05 Å². The van der Waals surface area contributed by atoms with Gasteiger partial charge in [-0.3, -0.25) is 9.80 Å². The predicted molar refractivity (Wildman–Crippen MR) is 61.6 cm³/mol. The number of benzene rings is 1. The fraction of sp³-hybridized carbons (Fsp3) is 0.333. The zero-order valence-corrected chi connectivity index (χ0v) is 9.56. The maximum Gasteiger partial charge on any atom is 0.240 e. The van der Waals surface area contributed by atoms with E-state index in [1.807, 2.05) is 25.1 Å². The lowest BCUT2D eigenvalue weighted by molar-refractivity contribution is -0.129. The number of likely N-dealkylation sites (N-methyl/N-ethyl adjacent to an activating group) is 1. The molecule has 0 fully saturated rings.